The van der Waals surface area contributed by atoms with E-state index < -0.39 is 17.4 Å². The molecular formula is C13H13BrF2O4. The first-order valence-electron chi connectivity index (χ1n) is 5.81. The van der Waals surface area contributed by atoms with Gasteiger partial charge in [-0.1, -0.05) is 15.9 Å². The van der Waals surface area contributed by atoms with Gasteiger partial charge in [0.25, 0.3) is 0 Å². The molecule has 1 atom stereocenters. The first-order valence-corrected chi connectivity index (χ1v) is 6.72. The van der Waals surface area contributed by atoms with Crippen molar-refractivity contribution in [3.8, 4) is 5.75 Å². The Labute approximate surface area is 123 Å². The quantitative estimate of drug-likeness (QED) is 0.448. The lowest BCUT2D eigenvalue weighted by atomic mass is 10.0. The summed E-state index contributed by atoms with van der Waals surface area (Å²) in [5.41, 5.74) is -0.00394. The van der Waals surface area contributed by atoms with Crippen LogP contribution in [0.4, 0.5) is 8.78 Å². The molecule has 1 aromatic carbocycles. The maximum atomic E-state index is 12.2. The van der Waals surface area contributed by atoms with E-state index in [2.05, 4.69) is 20.7 Å². The van der Waals surface area contributed by atoms with Crippen LogP contribution in [-0.2, 0) is 4.74 Å². The number of carbonyl (C=O) groups excluding carboxylic acids is 2. The lowest BCUT2D eigenvalue weighted by molar-refractivity contribution is -0.0499. The van der Waals surface area contributed by atoms with Gasteiger partial charge >= 0.3 is 12.6 Å². The van der Waals surface area contributed by atoms with Gasteiger partial charge in [-0.05, 0) is 32.0 Å². The Morgan fingerprint density at radius 2 is 1.95 bits per heavy atom. The molecule has 1 aromatic rings. The molecular weight excluding hydrogens is 338 g/mol. The van der Waals surface area contributed by atoms with Gasteiger partial charge in [0.15, 0.2) is 5.78 Å². The van der Waals surface area contributed by atoms with E-state index in [9.17, 15) is 18.4 Å². The number of carbonyl (C=O) groups is 2. The lowest BCUT2D eigenvalue weighted by Gasteiger charge is -2.12. The van der Waals surface area contributed by atoms with Crippen LogP contribution in [0, 0.1) is 0 Å². The first-order chi connectivity index (χ1) is 9.36. The Bertz CT molecular complexity index is 503. The van der Waals surface area contributed by atoms with Crippen molar-refractivity contribution in [3.63, 3.8) is 0 Å². The second kappa shape index (κ2) is 7.33. The molecule has 0 saturated heterocycles. The summed E-state index contributed by atoms with van der Waals surface area (Å²) < 4.78 is 33.4. The Morgan fingerprint density at radius 1 is 1.30 bits per heavy atom. The molecule has 0 aliphatic rings. The Balaban J connectivity index is 3.23. The summed E-state index contributed by atoms with van der Waals surface area (Å²) in [6.07, 6.45) is 0. The van der Waals surface area contributed by atoms with E-state index in [0.717, 1.165) is 6.07 Å². The van der Waals surface area contributed by atoms with Gasteiger partial charge in [-0.15, -0.1) is 0 Å². The minimum atomic E-state index is -3.01. The van der Waals surface area contributed by atoms with Gasteiger partial charge in [-0.3, -0.25) is 4.79 Å². The topological polar surface area (TPSA) is 52.6 Å². The fourth-order valence-electron chi connectivity index (χ4n) is 1.51. The van der Waals surface area contributed by atoms with E-state index >= 15 is 0 Å². The molecule has 0 aliphatic carbocycles. The highest BCUT2D eigenvalue weighted by Crippen LogP contribution is 2.23. The molecule has 0 fully saturated rings. The number of ether oxygens (including phenoxy) is 2. The number of Topliss-reactive ketones (excluding diaryl/α,β-unsaturated/α-hetero) is 1. The van der Waals surface area contributed by atoms with Gasteiger partial charge < -0.3 is 9.47 Å². The summed E-state index contributed by atoms with van der Waals surface area (Å²) >= 11 is 3.10. The monoisotopic (exact) mass is 350 g/mol. The summed E-state index contributed by atoms with van der Waals surface area (Å²) in [6, 6.07) is 3.55. The van der Waals surface area contributed by atoms with Crippen molar-refractivity contribution in [1.29, 1.82) is 0 Å². The smallest absolute Gasteiger partial charge is 0.387 e. The molecule has 1 unspecified atom stereocenters. The van der Waals surface area contributed by atoms with Crippen LogP contribution in [0.5, 0.6) is 5.75 Å². The molecule has 7 heteroatoms. The molecule has 0 bridgehead atoms. The van der Waals surface area contributed by atoms with Gasteiger partial charge in [-0.2, -0.15) is 8.78 Å². The van der Waals surface area contributed by atoms with Crippen LogP contribution >= 0.6 is 15.9 Å². The highest BCUT2D eigenvalue weighted by Gasteiger charge is 2.22. The van der Waals surface area contributed by atoms with Crippen LogP contribution < -0.4 is 4.74 Å². The van der Waals surface area contributed by atoms with Gasteiger partial charge in [0.2, 0.25) is 0 Å². The second-order valence-electron chi connectivity index (χ2n) is 3.79. The first kappa shape index (κ1) is 16.6. The molecule has 0 aliphatic heterocycles. The van der Waals surface area contributed by atoms with E-state index in [1.807, 2.05) is 0 Å². The average Bonchev–Trinajstić information content (AvgIpc) is 2.37. The molecule has 0 spiro atoms. The van der Waals surface area contributed by atoms with Crippen LogP contribution in [0.15, 0.2) is 18.2 Å². The number of benzene rings is 1. The predicted molar refractivity (Wildman–Crippen MR) is 71.8 cm³/mol. The SMILES string of the molecule is CCOC(=O)c1cc(OC(F)F)ccc1C(=O)C(C)Br. The van der Waals surface area contributed by atoms with Crippen molar-refractivity contribution >= 4 is 27.7 Å². The third kappa shape index (κ3) is 4.26. The highest BCUT2D eigenvalue weighted by atomic mass is 79.9. The molecule has 0 N–H and O–H groups in total. The predicted octanol–water partition coefficient (Wildman–Crippen LogP) is 3.43. The minimum Gasteiger partial charge on any atom is -0.462 e. The molecule has 110 valence electrons. The van der Waals surface area contributed by atoms with Crippen LogP contribution in [0.2, 0.25) is 0 Å². The van der Waals surface area contributed by atoms with Crippen LogP contribution in [-0.4, -0.2) is 29.8 Å². The Hall–Kier alpha value is -1.50. The maximum Gasteiger partial charge on any atom is 0.387 e. The van der Waals surface area contributed by atoms with Gasteiger partial charge in [-0.25, -0.2) is 4.79 Å². The van der Waals surface area contributed by atoms with Crippen molar-refractivity contribution in [2.45, 2.75) is 25.3 Å². The van der Waals surface area contributed by atoms with Crippen LogP contribution in [0.25, 0.3) is 0 Å². The van der Waals surface area contributed by atoms with Crippen LogP contribution in [0.3, 0.4) is 0 Å². The average molecular weight is 351 g/mol. The molecule has 1 rings (SSSR count). The van der Waals surface area contributed by atoms with E-state index in [0.29, 0.717) is 0 Å². The summed E-state index contributed by atoms with van der Waals surface area (Å²) in [6.45, 7) is 0.296. The zero-order chi connectivity index (χ0) is 15.3. The Kier molecular flexibility index (Phi) is 6.06. The molecule has 0 aromatic heterocycles. The van der Waals surface area contributed by atoms with Crippen molar-refractivity contribution in [3.05, 3.63) is 29.3 Å². The number of esters is 1. The third-order valence-corrected chi connectivity index (χ3v) is 2.75. The van der Waals surface area contributed by atoms with E-state index in [-0.39, 0.29) is 29.3 Å². The number of hydrogen-bond donors (Lipinski definition) is 0. The lowest BCUT2D eigenvalue weighted by Crippen LogP contribution is -2.17. The van der Waals surface area contributed by atoms with Gasteiger partial charge in [0, 0.05) is 5.56 Å². The second-order valence-corrected chi connectivity index (χ2v) is 5.16. The van der Waals surface area contributed by atoms with Crippen molar-refractivity contribution < 1.29 is 27.8 Å². The summed E-state index contributed by atoms with van der Waals surface area (Å²) in [5, 5.41) is 0. The van der Waals surface area contributed by atoms with Crippen molar-refractivity contribution in [1.82, 2.24) is 0 Å². The fraction of sp³-hybridized carbons (Fsp3) is 0.385. The van der Waals surface area contributed by atoms with Crippen molar-refractivity contribution in [2.75, 3.05) is 6.61 Å². The fourth-order valence-corrected chi connectivity index (χ4v) is 1.75. The van der Waals surface area contributed by atoms with Gasteiger partial charge in [0.1, 0.15) is 5.75 Å². The molecule has 0 heterocycles. The normalized spacial score (nSPS) is 12.1. The molecule has 0 amide bonds. The summed E-state index contributed by atoms with van der Waals surface area (Å²) in [5.74, 6) is -1.32. The number of rotatable bonds is 6. The summed E-state index contributed by atoms with van der Waals surface area (Å²) in [4.78, 5) is 23.2. The van der Waals surface area contributed by atoms with Crippen LogP contribution in [0.1, 0.15) is 34.6 Å². The summed E-state index contributed by atoms with van der Waals surface area (Å²) in [7, 11) is 0. The van der Waals surface area contributed by atoms with E-state index in [1.54, 1.807) is 13.8 Å². The van der Waals surface area contributed by atoms with E-state index in [4.69, 9.17) is 4.74 Å². The molecule has 0 saturated carbocycles. The number of ketones is 1. The number of hydrogen-bond acceptors (Lipinski definition) is 4. The molecule has 20 heavy (non-hydrogen) atoms. The largest absolute Gasteiger partial charge is 0.462 e. The number of halogens is 3. The standard InChI is InChI=1S/C13H13BrF2O4/c1-3-19-12(18)10-6-8(20-13(15)16)4-5-9(10)11(17)7(2)14/h4-7,13H,3H2,1-2H3. The third-order valence-electron chi connectivity index (χ3n) is 2.34. The molecule has 4 nitrogen and oxygen atoms in total. The number of alkyl halides is 3. The van der Waals surface area contributed by atoms with Crippen molar-refractivity contribution in [2.24, 2.45) is 0 Å². The van der Waals surface area contributed by atoms with Gasteiger partial charge in [0.05, 0.1) is 17.0 Å². The zero-order valence-electron chi connectivity index (χ0n) is 10.9. The minimum absolute atomic E-state index is 0.0921. The maximum absolute atomic E-state index is 12.2. The highest BCUT2D eigenvalue weighted by molar-refractivity contribution is 9.10. The molecule has 0 radical (unpaired) electrons. The Morgan fingerprint density at radius 3 is 2.45 bits per heavy atom. The zero-order valence-corrected chi connectivity index (χ0v) is 12.4. The van der Waals surface area contributed by atoms with E-state index in [1.165, 1.54) is 12.1 Å².